The Morgan fingerprint density at radius 3 is 2.71 bits per heavy atom. The van der Waals surface area contributed by atoms with Crippen molar-refractivity contribution >= 4 is 17.9 Å². The van der Waals surface area contributed by atoms with Crippen LogP contribution in [-0.2, 0) is 6.54 Å². The van der Waals surface area contributed by atoms with Gasteiger partial charge in [0.2, 0.25) is 0 Å². The minimum Gasteiger partial charge on any atom is -0.326 e. The van der Waals surface area contributed by atoms with E-state index in [9.17, 15) is 13.6 Å². The van der Waals surface area contributed by atoms with Crippen LogP contribution in [0.2, 0.25) is 5.02 Å². The molecule has 6 heteroatoms. The van der Waals surface area contributed by atoms with Crippen molar-refractivity contribution in [2.45, 2.75) is 13.0 Å². The van der Waals surface area contributed by atoms with E-state index in [1.807, 2.05) is 0 Å². The summed E-state index contributed by atoms with van der Waals surface area (Å²) in [7, 11) is 0. The first-order chi connectivity index (χ1) is 6.60. The largest absolute Gasteiger partial charge is 0.326 e. The van der Waals surface area contributed by atoms with Gasteiger partial charge in [0.25, 0.3) is 6.43 Å². The van der Waals surface area contributed by atoms with Crippen LogP contribution >= 0.6 is 11.6 Å². The number of hydrogen-bond acceptors (Lipinski definition) is 3. The average Bonchev–Trinajstić information content (AvgIpc) is 2.16. The van der Waals surface area contributed by atoms with Gasteiger partial charge in [0.1, 0.15) is 11.4 Å². The summed E-state index contributed by atoms with van der Waals surface area (Å²) in [5, 5.41) is 0.0416. The summed E-state index contributed by atoms with van der Waals surface area (Å²) in [5.74, 6) is 0. The van der Waals surface area contributed by atoms with Crippen molar-refractivity contribution < 1.29 is 13.6 Å². The molecule has 0 aliphatic heterocycles. The van der Waals surface area contributed by atoms with Crippen LogP contribution in [0.25, 0.3) is 0 Å². The fraction of sp³-hybridized carbons (Fsp3) is 0.250. The van der Waals surface area contributed by atoms with Crippen LogP contribution in [0.15, 0.2) is 6.07 Å². The molecule has 3 nitrogen and oxygen atoms in total. The molecule has 0 aliphatic rings. The van der Waals surface area contributed by atoms with E-state index in [4.69, 9.17) is 17.3 Å². The van der Waals surface area contributed by atoms with Crippen LogP contribution in [0.1, 0.15) is 28.2 Å². The number of rotatable bonds is 3. The zero-order valence-electron chi connectivity index (χ0n) is 7.01. The van der Waals surface area contributed by atoms with E-state index in [0.29, 0.717) is 6.29 Å². The SMILES string of the molecule is NCc1c(Cl)cc(C=O)nc1C(F)F. The van der Waals surface area contributed by atoms with Gasteiger partial charge in [0, 0.05) is 17.1 Å². The van der Waals surface area contributed by atoms with Gasteiger partial charge < -0.3 is 5.73 Å². The van der Waals surface area contributed by atoms with Crippen LogP contribution in [0.5, 0.6) is 0 Å². The maximum absolute atomic E-state index is 12.4. The van der Waals surface area contributed by atoms with Crippen molar-refractivity contribution in [1.29, 1.82) is 0 Å². The molecule has 0 atom stereocenters. The van der Waals surface area contributed by atoms with Crippen molar-refractivity contribution in [1.82, 2.24) is 4.98 Å². The molecular formula is C8H7ClF2N2O. The van der Waals surface area contributed by atoms with Crippen molar-refractivity contribution in [2.75, 3.05) is 0 Å². The Morgan fingerprint density at radius 1 is 1.64 bits per heavy atom. The highest BCUT2D eigenvalue weighted by Gasteiger charge is 2.17. The molecule has 1 heterocycles. The highest BCUT2D eigenvalue weighted by atomic mass is 35.5. The summed E-state index contributed by atoms with van der Waals surface area (Å²) >= 11 is 5.65. The minimum absolute atomic E-state index is 0.0416. The highest BCUT2D eigenvalue weighted by molar-refractivity contribution is 6.31. The van der Waals surface area contributed by atoms with Gasteiger partial charge in [0.05, 0.1) is 0 Å². The summed E-state index contributed by atoms with van der Waals surface area (Å²) < 4.78 is 24.8. The molecule has 2 N–H and O–H groups in total. The second-order valence-electron chi connectivity index (χ2n) is 2.52. The number of carbonyl (C=O) groups is 1. The molecule has 1 rings (SSSR count). The van der Waals surface area contributed by atoms with Crippen LogP contribution in [0, 0.1) is 0 Å². The zero-order valence-corrected chi connectivity index (χ0v) is 7.76. The molecule has 0 amide bonds. The normalized spacial score (nSPS) is 10.6. The van der Waals surface area contributed by atoms with Gasteiger partial charge in [-0.3, -0.25) is 4.79 Å². The first-order valence-electron chi connectivity index (χ1n) is 3.72. The number of carbonyl (C=O) groups excluding carboxylic acids is 1. The number of aldehydes is 1. The number of pyridine rings is 1. The van der Waals surface area contributed by atoms with Crippen molar-refractivity contribution in [2.24, 2.45) is 5.73 Å². The smallest absolute Gasteiger partial charge is 0.280 e. The van der Waals surface area contributed by atoms with Gasteiger partial charge in [-0.05, 0) is 6.07 Å². The maximum atomic E-state index is 12.4. The Hall–Kier alpha value is -1.07. The van der Waals surface area contributed by atoms with Gasteiger partial charge in [-0.15, -0.1) is 0 Å². The molecule has 0 saturated carbocycles. The molecule has 1 aromatic rings. The number of alkyl halides is 2. The van der Waals surface area contributed by atoms with Crippen LogP contribution < -0.4 is 5.73 Å². The fourth-order valence-electron chi connectivity index (χ4n) is 1.02. The van der Waals surface area contributed by atoms with Gasteiger partial charge in [-0.2, -0.15) is 0 Å². The number of halogens is 3. The molecule has 1 aromatic heterocycles. The average molecular weight is 221 g/mol. The van der Waals surface area contributed by atoms with E-state index in [1.54, 1.807) is 0 Å². The van der Waals surface area contributed by atoms with Gasteiger partial charge in [0.15, 0.2) is 6.29 Å². The quantitative estimate of drug-likeness (QED) is 0.792. The number of hydrogen-bond donors (Lipinski definition) is 1. The number of nitrogens with zero attached hydrogens (tertiary/aromatic N) is 1. The monoisotopic (exact) mass is 220 g/mol. The lowest BCUT2D eigenvalue weighted by Gasteiger charge is -2.08. The molecule has 76 valence electrons. The highest BCUT2D eigenvalue weighted by Crippen LogP contribution is 2.26. The second-order valence-corrected chi connectivity index (χ2v) is 2.92. The standard InChI is InChI=1S/C8H7ClF2N2O/c9-6-1-4(3-14)13-7(8(10)11)5(6)2-12/h1,3,8H,2,12H2. The van der Waals surface area contributed by atoms with Gasteiger partial charge in [-0.1, -0.05) is 11.6 Å². The second kappa shape index (κ2) is 4.43. The van der Waals surface area contributed by atoms with Gasteiger partial charge in [-0.25, -0.2) is 13.8 Å². The summed E-state index contributed by atoms with van der Waals surface area (Å²) in [6.07, 6.45) is -2.43. The Balaban J connectivity index is 3.35. The van der Waals surface area contributed by atoms with E-state index in [1.165, 1.54) is 6.07 Å². The van der Waals surface area contributed by atoms with Crippen molar-refractivity contribution in [3.63, 3.8) is 0 Å². The van der Waals surface area contributed by atoms with E-state index >= 15 is 0 Å². The van der Waals surface area contributed by atoms with Crippen LogP contribution in [0.4, 0.5) is 8.78 Å². The summed E-state index contributed by atoms with van der Waals surface area (Å²) in [6.45, 7) is -0.134. The first-order valence-corrected chi connectivity index (χ1v) is 4.10. The molecule has 0 spiro atoms. The van der Waals surface area contributed by atoms with Crippen molar-refractivity contribution in [3.8, 4) is 0 Å². The number of nitrogens with two attached hydrogens (primary N) is 1. The molecular weight excluding hydrogens is 214 g/mol. The number of aromatic nitrogens is 1. The Kier molecular flexibility index (Phi) is 3.49. The van der Waals surface area contributed by atoms with E-state index in [-0.39, 0.29) is 22.8 Å². The zero-order chi connectivity index (χ0) is 10.7. The summed E-state index contributed by atoms with van der Waals surface area (Å²) in [4.78, 5) is 13.8. The lowest BCUT2D eigenvalue weighted by molar-refractivity contribution is 0.111. The Morgan fingerprint density at radius 2 is 2.29 bits per heavy atom. The minimum atomic E-state index is -2.79. The summed E-state index contributed by atoms with van der Waals surface area (Å²) in [6, 6.07) is 1.21. The Labute approximate surface area is 83.9 Å². The van der Waals surface area contributed by atoms with E-state index < -0.39 is 12.1 Å². The molecule has 14 heavy (non-hydrogen) atoms. The third kappa shape index (κ3) is 2.05. The van der Waals surface area contributed by atoms with Crippen LogP contribution in [0.3, 0.4) is 0 Å². The van der Waals surface area contributed by atoms with Gasteiger partial charge >= 0.3 is 0 Å². The fourth-order valence-corrected chi connectivity index (χ4v) is 1.31. The third-order valence-electron chi connectivity index (χ3n) is 1.65. The molecule has 0 saturated heterocycles. The van der Waals surface area contributed by atoms with Crippen molar-refractivity contribution in [3.05, 3.63) is 28.0 Å². The van der Waals surface area contributed by atoms with E-state index in [2.05, 4.69) is 4.98 Å². The molecule has 0 aliphatic carbocycles. The predicted molar refractivity (Wildman–Crippen MR) is 47.5 cm³/mol. The predicted octanol–water partition coefficient (Wildman–Crippen LogP) is 1.94. The lowest BCUT2D eigenvalue weighted by Crippen LogP contribution is -2.07. The topological polar surface area (TPSA) is 56.0 Å². The maximum Gasteiger partial charge on any atom is 0.280 e. The third-order valence-corrected chi connectivity index (χ3v) is 1.99. The first kappa shape index (κ1) is 11.0. The van der Waals surface area contributed by atoms with Crippen LogP contribution in [-0.4, -0.2) is 11.3 Å². The van der Waals surface area contributed by atoms with E-state index in [0.717, 1.165) is 0 Å². The molecule has 0 bridgehead atoms. The lowest BCUT2D eigenvalue weighted by atomic mass is 10.1. The Bertz CT molecular complexity index is 357. The summed E-state index contributed by atoms with van der Waals surface area (Å²) in [5.41, 5.74) is 4.66. The molecule has 0 radical (unpaired) electrons. The molecule has 0 fully saturated rings. The molecule has 0 unspecified atom stereocenters. The molecule has 0 aromatic carbocycles.